The van der Waals surface area contributed by atoms with E-state index in [4.69, 9.17) is 5.11 Å². The molecule has 1 atom stereocenters. The summed E-state index contributed by atoms with van der Waals surface area (Å²) in [5, 5.41) is 8.30. The van der Waals surface area contributed by atoms with Gasteiger partial charge >= 0.3 is 5.97 Å². The molecule has 0 bridgehead atoms. The average molecular weight is 144 g/mol. The first-order valence-corrected chi connectivity index (χ1v) is 2.76. The van der Waals surface area contributed by atoms with Crippen LogP contribution in [0.3, 0.4) is 0 Å². The third-order valence-corrected chi connectivity index (χ3v) is 1.12. The highest BCUT2D eigenvalue weighted by Crippen LogP contribution is 2.01. The summed E-state index contributed by atoms with van der Waals surface area (Å²) in [5.41, 5.74) is 0. The molecule has 4 heteroatoms. The minimum absolute atomic E-state index is 0.231. The first-order chi connectivity index (χ1) is 4.59. The van der Waals surface area contributed by atoms with Gasteiger partial charge in [-0.15, -0.1) is 0 Å². The molecule has 0 spiro atoms. The number of Topliss-reactive ketones (excluding diaryl/α,β-unsaturated/α-hetero) is 1. The Balaban J connectivity index is 4.11. The van der Waals surface area contributed by atoms with E-state index in [1.54, 1.807) is 0 Å². The van der Waals surface area contributed by atoms with E-state index in [2.05, 4.69) is 0 Å². The van der Waals surface area contributed by atoms with Gasteiger partial charge in [0.1, 0.15) is 18.0 Å². The van der Waals surface area contributed by atoms with E-state index in [9.17, 15) is 14.4 Å². The molecule has 0 aliphatic carbocycles. The van der Waals surface area contributed by atoms with Crippen molar-refractivity contribution in [2.24, 2.45) is 5.92 Å². The Morgan fingerprint density at radius 2 is 2.10 bits per heavy atom. The number of rotatable bonds is 4. The number of aliphatic carboxylic acids is 1. The molecule has 0 heterocycles. The molecule has 0 aliphatic rings. The number of hydrogen-bond donors (Lipinski definition) is 1. The molecule has 0 amide bonds. The summed E-state index contributed by atoms with van der Waals surface area (Å²) >= 11 is 0. The van der Waals surface area contributed by atoms with Gasteiger partial charge in [-0.1, -0.05) is 0 Å². The molecular weight excluding hydrogens is 136 g/mol. The first-order valence-electron chi connectivity index (χ1n) is 2.76. The molecule has 56 valence electrons. The van der Waals surface area contributed by atoms with Crippen LogP contribution in [0, 0.1) is 5.92 Å². The van der Waals surface area contributed by atoms with Crippen molar-refractivity contribution in [2.75, 3.05) is 0 Å². The summed E-state index contributed by atoms with van der Waals surface area (Å²) in [4.78, 5) is 30.4. The lowest BCUT2D eigenvalue weighted by Crippen LogP contribution is -2.21. The third-order valence-electron chi connectivity index (χ3n) is 1.12. The van der Waals surface area contributed by atoms with Gasteiger partial charge in [0.2, 0.25) is 0 Å². The Labute approximate surface area is 57.8 Å². The lowest BCUT2D eigenvalue weighted by Gasteiger charge is -2.01. The summed E-state index contributed by atoms with van der Waals surface area (Å²) in [7, 11) is 0. The predicted molar refractivity (Wildman–Crippen MR) is 32.5 cm³/mol. The minimum Gasteiger partial charge on any atom is -0.481 e. The number of carboxylic acids is 1. The Morgan fingerprint density at radius 1 is 1.60 bits per heavy atom. The number of hydrogen-bond acceptors (Lipinski definition) is 3. The molecule has 4 nitrogen and oxygen atoms in total. The number of carbonyl (C=O) groups excluding carboxylic acids is 2. The van der Waals surface area contributed by atoms with Gasteiger partial charge in [0.05, 0.1) is 0 Å². The molecule has 10 heavy (non-hydrogen) atoms. The van der Waals surface area contributed by atoms with Crippen molar-refractivity contribution in [3.63, 3.8) is 0 Å². The molecule has 0 aromatic rings. The highest BCUT2D eigenvalue weighted by Gasteiger charge is 2.21. The van der Waals surface area contributed by atoms with Crippen molar-refractivity contribution in [1.29, 1.82) is 0 Å². The quantitative estimate of drug-likeness (QED) is 0.440. The van der Waals surface area contributed by atoms with Crippen molar-refractivity contribution in [3.05, 3.63) is 0 Å². The van der Waals surface area contributed by atoms with E-state index >= 15 is 0 Å². The van der Waals surface area contributed by atoms with Crippen LogP contribution in [0.15, 0.2) is 0 Å². The van der Waals surface area contributed by atoms with Gasteiger partial charge < -0.3 is 9.90 Å². The van der Waals surface area contributed by atoms with E-state index in [0.29, 0.717) is 6.29 Å². The Hall–Kier alpha value is -1.19. The number of aldehydes is 1. The van der Waals surface area contributed by atoms with Crippen molar-refractivity contribution in [1.82, 2.24) is 0 Å². The number of carbonyl (C=O) groups is 3. The summed E-state index contributed by atoms with van der Waals surface area (Å²) in [6, 6.07) is 0. The Morgan fingerprint density at radius 3 is 2.20 bits per heavy atom. The van der Waals surface area contributed by atoms with Crippen LogP contribution in [-0.2, 0) is 14.4 Å². The zero-order chi connectivity index (χ0) is 8.15. The molecule has 0 aromatic heterocycles. The zero-order valence-corrected chi connectivity index (χ0v) is 5.53. The second kappa shape index (κ2) is 3.76. The lowest BCUT2D eigenvalue weighted by molar-refractivity contribution is -0.146. The van der Waals surface area contributed by atoms with E-state index < -0.39 is 17.7 Å². The van der Waals surface area contributed by atoms with E-state index in [-0.39, 0.29) is 6.42 Å². The van der Waals surface area contributed by atoms with Crippen molar-refractivity contribution >= 4 is 18.0 Å². The van der Waals surface area contributed by atoms with Crippen molar-refractivity contribution in [2.45, 2.75) is 13.3 Å². The Bertz CT molecular complexity index is 147. The first kappa shape index (κ1) is 8.81. The van der Waals surface area contributed by atoms with Crippen LogP contribution in [0.2, 0.25) is 0 Å². The van der Waals surface area contributed by atoms with Crippen molar-refractivity contribution < 1.29 is 19.5 Å². The fourth-order valence-corrected chi connectivity index (χ4v) is 0.537. The van der Waals surface area contributed by atoms with E-state index in [1.165, 1.54) is 0 Å². The van der Waals surface area contributed by atoms with Crippen LogP contribution < -0.4 is 0 Å². The standard InChI is InChI=1S/C6H8O4/c1-4(8)5(2-3-7)6(9)10/h3,5H,2H2,1H3,(H,9,10). The maximum atomic E-state index is 10.4. The summed E-state index contributed by atoms with van der Waals surface area (Å²) in [6.07, 6.45) is 0.199. The smallest absolute Gasteiger partial charge is 0.314 e. The highest BCUT2D eigenvalue weighted by atomic mass is 16.4. The topological polar surface area (TPSA) is 71.4 Å². The third kappa shape index (κ3) is 2.39. The summed E-state index contributed by atoms with van der Waals surface area (Å²) in [6.45, 7) is 1.16. The predicted octanol–water partition coefficient (Wildman–Crippen LogP) is -0.135. The Kier molecular flexibility index (Phi) is 3.32. The minimum atomic E-state index is -1.24. The summed E-state index contributed by atoms with van der Waals surface area (Å²) < 4.78 is 0. The number of ketones is 1. The maximum Gasteiger partial charge on any atom is 0.314 e. The largest absolute Gasteiger partial charge is 0.481 e. The van der Waals surface area contributed by atoms with Crippen LogP contribution in [0.4, 0.5) is 0 Å². The fraction of sp³-hybridized carbons (Fsp3) is 0.500. The second-order valence-corrected chi connectivity index (χ2v) is 1.90. The normalized spacial score (nSPS) is 12.1. The molecule has 0 fully saturated rings. The van der Waals surface area contributed by atoms with E-state index in [0.717, 1.165) is 6.92 Å². The van der Waals surface area contributed by atoms with Crippen LogP contribution in [0.1, 0.15) is 13.3 Å². The maximum absolute atomic E-state index is 10.4. The summed E-state index contributed by atoms with van der Waals surface area (Å²) in [5.74, 6) is -2.88. The lowest BCUT2D eigenvalue weighted by atomic mass is 10.0. The molecular formula is C6H8O4. The van der Waals surface area contributed by atoms with Gasteiger partial charge in [0, 0.05) is 6.42 Å². The molecule has 0 aliphatic heterocycles. The molecule has 0 radical (unpaired) electrons. The van der Waals surface area contributed by atoms with Gasteiger partial charge in [-0.05, 0) is 6.92 Å². The molecule has 0 saturated carbocycles. The van der Waals surface area contributed by atoms with Crippen molar-refractivity contribution in [3.8, 4) is 0 Å². The highest BCUT2D eigenvalue weighted by molar-refractivity contribution is 5.98. The SMILES string of the molecule is CC(=O)C(CC=O)C(=O)O. The number of carboxylic acid groups (broad SMARTS) is 1. The second-order valence-electron chi connectivity index (χ2n) is 1.90. The molecule has 0 rings (SSSR count). The van der Waals surface area contributed by atoms with Crippen LogP contribution in [0.5, 0.6) is 0 Å². The molecule has 0 aromatic carbocycles. The monoisotopic (exact) mass is 144 g/mol. The van der Waals surface area contributed by atoms with Crippen LogP contribution in [0.25, 0.3) is 0 Å². The van der Waals surface area contributed by atoms with Crippen LogP contribution >= 0.6 is 0 Å². The fourth-order valence-electron chi connectivity index (χ4n) is 0.537. The van der Waals surface area contributed by atoms with Crippen LogP contribution in [-0.4, -0.2) is 23.1 Å². The molecule has 0 saturated heterocycles. The average Bonchev–Trinajstić information content (AvgIpc) is 1.81. The van der Waals surface area contributed by atoms with Gasteiger partial charge in [-0.2, -0.15) is 0 Å². The zero-order valence-electron chi connectivity index (χ0n) is 5.53. The van der Waals surface area contributed by atoms with Gasteiger partial charge in [0.15, 0.2) is 0 Å². The molecule has 1 unspecified atom stereocenters. The van der Waals surface area contributed by atoms with Gasteiger partial charge in [-0.3, -0.25) is 9.59 Å². The molecule has 1 N–H and O–H groups in total. The van der Waals surface area contributed by atoms with Gasteiger partial charge in [0.25, 0.3) is 0 Å². The van der Waals surface area contributed by atoms with Gasteiger partial charge in [-0.25, -0.2) is 0 Å². The van der Waals surface area contributed by atoms with E-state index in [1.807, 2.05) is 0 Å².